The first-order valence-electron chi connectivity index (χ1n) is 8.79. The van der Waals surface area contributed by atoms with Gasteiger partial charge < -0.3 is 5.32 Å². The number of nitrogens with zero attached hydrogens (tertiary/aromatic N) is 2. The molecule has 2 heterocycles. The predicted octanol–water partition coefficient (Wildman–Crippen LogP) is 3.30. The number of amides is 3. The van der Waals surface area contributed by atoms with Crippen molar-refractivity contribution in [3.8, 4) is 0 Å². The van der Waals surface area contributed by atoms with Gasteiger partial charge in [-0.05, 0) is 24.6 Å². The summed E-state index contributed by atoms with van der Waals surface area (Å²) in [4.78, 5) is 45.1. The molecule has 0 bridgehead atoms. The number of fused-ring (bicyclic) bond motifs is 1. The van der Waals surface area contributed by atoms with Crippen molar-refractivity contribution in [3.63, 3.8) is 0 Å². The maximum atomic E-state index is 13.1. The summed E-state index contributed by atoms with van der Waals surface area (Å²) < 4.78 is 0. The summed E-state index contributed by atoms with van der Waals surface area (Å²) in [6, 6.07) is 15.0. The van der Waals surface area contributed by atoms with Crippen LogP contribution in [0, 0.1) is 6.92 Å². The number of carbonyl (C=O) groups is 3. The highest BCUT2D eigenvalue weighted by Gasteiger charge is 2.42. The molecule has 2 aromatic carbocycles. The number of rotatable bonds is 5. The lowest BCUT2D eigenvalue weighted by atomic mass is 10.0. The van der Waals surface area contributed by atoms with Gasteiger partial charge in [0.05, 0.1) is 11.1 Å². The third kappa shape index (κ3) is 3.32. The molecule has 0 saturated heterocycles. The Labute approximate surface area is 165 Å². The van der Waals surface area contributed by atoms with Crippen molar-refractivity contribution in [2.45, 2.75) is 19.4 Å². The quantitative estimate of drug-likeness (QED) is 0.677. The Bertz CT molecular complexity index is 1030. The topological polar surface area (TPSA) is 79.4 Å². The van der Waals surface area contributed by atoms with Gasteiger partial charge in [0.15, 0.2) is 5.13 Å². The highest BCUT2D eigenvalue weighted by molar-refractivity contribution is 7.15. The molecule has 1 aromatic heterocycles. The fraction of sp³-hybridized carbons (Fsp3) is 0.143. The molecular formula is C21H17N3O3S. The number of hydrogen-bond acceptors (Lipinski definition) is 5. The number of thiazole rings is 1. The van der Waals surface area contributed by atoms with Gasteiger partial charge in [-0.15, -0.1) is 11.3 Å². The van der Waals surface area contributed by atoms with Crippen molar-refractivity contribution in [3.05, 3.63) is 82.4 Å². The zero-order chi connectivity index (χ0) is 19.7. The highest BCUT2D eigenvalue weighted by Crippen LogP contribution is 2.27. The van der Waals surface area contributed by atoms with Crippen molar-refractivity contribution in [1.29, 1.82) is 0 Å². The van der Waals surface area contributed by atoms with E-state index in [9.17, 15) is 14.4 Å². The van der Waals surface area contributed by atoms with Gasteiger partial charge in [0.2, 0.25) is 5.91 Å². The van der Waals surface area contributed by atoms with E-state index in [1.807, 2.05) is 37.3 Å². The molecular weight excluding hydrogens is 374 g/mol. The second-order valence-electron chi connectivity index (χ2n) is 6.50. The largest absolute Gasteiger partial charge is 0.300 e. The number of aromatic nitrogens is 1. The van der Waals surface area contributed by atoms with Crippen molar-refractivity contribution >= 4 is 34.2 Å². The summed E-state index contributed by atoms with van der Waals surface area (Å²) in [5, 5.41) is 3.19. The summed E-state index contributed by atoms with van der Waals surface area (Å²) in [5.41, 5.74) is 1.50. The third-order valence-corrected chi connectivity index (χ3v) is 5.39. The van der Waals surface area contributed by atoms with Crippen LogP contribution in [-0.4, -0.2) is 33.6 Å². The number of anilines is 1. The van der Waals surface area contributed by atoms with E-state index in [1.54, 1.807) is 30.5 Å². The van der Waals surface area contributed by atoms with Crippen LogP contribution in [0.15, 0.2) is 60.8 Å². The Hall–Kier alpha value is -3.32. The molecule has 28 heavy (non-hydrogen) atoms. The van der Waals surface area contributed by atoms with Crippen LogP contribution in [0.4, 0.5) is 5.13 Å². The van der Waals surface area contributed by atoms with Crippen molar-refractivity contribution in [1.82, 2.24) is 9.88 Å². The van der Waals surface area contributed by atoms with Gasteiger partial charge in [-0.25, -0.2) is 4.98 Å². The minimum absolute atomic E-state index is 0.225. The molecule has 1 atom stereocenters. The van der Waals surface area contributed by atoms with Crippen molar-refractivity contribution in [2.24, 2.45) is 0 Å². The van der Waals surface area contributed by atoms with Crippen LogP contribution in [-0.2, 0) is 11.2 Å². The fourth-order valence-electron chi connectivity index (χ4n) is 3.23. The van der Waals surface area contributed by atoms with Crippen LogP contribution in [0.5, 0.6) is 0 Å². The second-order valence-corrected chi connectivity index (χ2v) is 7.73. The molecule has 0 radical (unpaired) electrons. The average molecular weight is 391 g/mol. The van der Waals surface area contributed by atoms with Crippen LogP contribution in [0.1, 0.15) is 31.2 Å². The number of imide groups is 1. The molecule has 6 nitrogen and oxygen atoms in total. The SMILES string of the molecule is Cc1cnc(NC(=O)[C@H](Cc2ccccc2)N2C(=O)c3ccccc3C2=O)s1. The Balaban J connectivity index is 1.68. The Morgan fingerprint density at radius 3 is 2.21 bits per heavy atom. The molecule has 0 unspecified atom stereocenters. The van der Waals surface area contributed by atoms with Crippen LogP contribution in [0.3, 0.4) is 0 Å². The molecule has 1 N–H and O–H groups in total. The minimum Gasteiger partial charge on any atom is -0.300 e. The maximum absolute atomic E-state index is 13.1. The van der Waals surface area contributed by atoms with E-state index in [1.165, 1.54) is 11.3 Å². The minimum atomic E-state index is -0.973. The first-order chi connectivity index (χ1) is 13.5. The molecule has 0 saturated carbocycles. The number of carbonyl (C=O) groups excluding carboxylic acids is 3. The van der Waals surface area contributed by atoms with Crippen molar-refractivity contribution < 1.29 is 14.4 Å². The van der Waals surface area contributed by atoms with E-state index < -0.39 is 23.8 Å². The van der Waals surface area contributed by atoms with Gasteiger partial charge in [-0.3, -0.25) is 19.3 Å². The van der Waals surface area contributed by atoms with Crippen LogP contribution in [0.2, 0.25) is 0 Å². The van der Waals surface area contributed by atoms with E-state index >= 15 is 0 Å². The number of hydrogen-bond donors (Lipinski definition) is 1. The highest BCUT2D eigenvalue weighted by atomic mass is 32.1. The molecule has 0 aliphatic carbocycles. The van der Waals surface area contributed by atoms with Gasteiger partial charge in [0.25, 0.3) is 11.8 Å². The Morgan fingerprint density at radius 2 is 1.64 bits per heavy atom. The van der Waals surface area contributed by atoms with Crippen LogP contribution < -0.4 is 5.32 Å². The lowest BCUT2D eigenvalue weighted by Gasteiger charge is -2.25. The summed E-state index contributed by atoms with van der Waals surface area (Å²) in [7, 11) is 0. The number of benzene rings is 2. The zero-order valence-electron chi connectivity index (χ0n) is 15.1. The fourth-order valence-corrected chi connectivity index (χ4v) is 3.90. The predicted molar refractivity (Wildman–Crippen MR) is 106 cm³/mol. The summed E-state index contributed by atoms with van der Waals surface area (Å²) in [6.45, 7) is 1.89. The molecule has 4 rings (SSSR count). The van der Waals surface area contributed by atoms with Gasteiger partial charge in [-0.2, -0.15) is 0 Å². The number of nitrogens with one attached hydrogen (secondary N) is 1. The standard InChI is InChI=1S/C21H17N3O3S/c1-13-12-22-21(28-13)23-18(25)17(11-14-7-3-2-4-8-14)24-19(26)15-9-5-6-10-16(15)20(24)27/h2-10,12,17H,11H2,1H3,(H,22,23,25)/t17-/m0/s1. The first-order valence-corrected chi connectivity index (χ1v) is 9.60. The monoisotopic (exact) mass is 391 g/mol. The van der Waals surface area contributed by atoms with E-state index in [4.69, 9.17) is 0 Å². The molecule has 3 aromatic rings. The normalized spacial score (nSPS) is 14.1. The lowest BCUT2D eigenvalue weighted by Crippen LogP contribution is -2.48. The van der Waals surface area contributed by atoms with Gasteiger partial charge >= 0.3 is 0 Å². The molecule has 1 aliphatic heterocycles. The van der Waals surface area contributed by atoms with E-state index in [0.29, 0.717) is 16.3 Å². The van der Waals surface area contributed by atoms with E-state index in [0.717, 1.165) is 15.3 Å². The maximum Gasteiger partial charge on any atom is 0.262 e. The molecule has 0 fully saturated rings. The van der Waals surface area contributed by atoms with Gasteiger partial charge in [0, 0.05) is 17.5 Å². The third-order valence-electron chi connectivity index (χ3n) is 4.56. The summed E-state index contributed by atoms with van der Waals surface area (Å²) in [6.07, 6.45) is 1.89. The van der Waals surface area contributed by atoms with Crippen molar-refractivity contribution in [2.75, 3.05) is 5.32 Å². The molecule has 140 valence electrons. The van der Waals surface area contributed by atoms with E-state index in [2.05, 4.69) is 10.3 Å². The Kier molecular flexibility index (Phi) is 4.75. The summed E-state index contributed by atoms with van der Waals surface area (Å²) in [5.74, 6) is -1.34. The molecule has 0 spiro atoms. The van der Waals surface area contributed by atoms with Crippen LogP contribution >= 0.6 is 11.3 Å². The lowest BCUT2D eigenvalue weighted by molar-refractivity contribution is -0.119. The van der Waals surface area contributed by atoms with E-state index in [-0.39, 0.29) is 6.42 Å². The smallest absolute Gasteiger partial charge is 0.262 e. The zero-order valence-corrected chi connectivity index (χ0v) is 15.9. The van der Waals surface area contributed by atoms with Gasteiger partial charge in [0.1, 0.15) is 6.04 Å². The average Bonchev–Trinajstić information content (AvgIpc) is 3.22. The second kappa shape index (κ2) is 7.36. The molecule has 7 heteroatoms. The van der Waals surface area contributed by atoms with Crippen LogP contribution in [0.25, 0.3) is 0 Å². The Morgan fingerprint density at radius 1 is 1.04 bits per heavy atom. The first kappa shape index (κ1) is 18.1. The molecule has 3 amide bonds. The molecule has 1 aliphatic rings. The summed E-state index contributed by atoms with van der Waals surface area (Å²) >= 11 is 1.34. The van der Waals surface area contributed by atoms with Gasteiger partial charge in [-0.1, -0.05) is 42.5 Å². The number of aryl methyl sites for hydroxylation is 1.